The first-order valence-electron chi connectivity index (χ1n) is 8.05. The summed E-state index contributed by atoms with van der Waals surface area (Å²) in [7, 11) is 0. The lowest BCUT2D eigenvalue weighted by Gasteiger charge is -2.06. The Hall–Kier alpha value is -1.35. The van der Waals surface area contributed by atoms with Crippen LogP contribution in [-0.2, 0) is 4.79 Å². The molecule has 0 spiro atoms. The van der Waals surface area contributed by atoms with Crippen LogP contribution in [-0.4, -0.2) is 22.3 Å². The molecular formula is C18H30O3. The normalized spacial score (nSPS) is 13.6. The number of aliphatic hydroxyl groups is 1. The van der Waals surface area contributed by atoms with Crippen molar-refractivity contribution in [3.63, 3.8) is 0 Å². The van der Waals surface area contributed by atoms with Gasteiger partial charge in [-0.15, -0.1) is 0 Å². The predicted octanol–water partition coefficient (Wildman–Crippen LogP) is 4.63. The molecule has 2 N–H and O–H groups in total. The van der Waals surface area contributed by atoms with Gasteiger partial charge >= 0.3 is 5.97 Å². The van der Waals surface area contributed by atoms with Crippen LogP contribution < -0.4 is 0 Å². The van der Waals surface area contributed by atoms with E-state index in [2.05, 4.69) is 37.3 Å². The monoisotopic (exact) mass is 294 g/mol. The van der Waals surface area contributed by atoms with Gasteiger partial charge in [-0.3, -0.25) is 4.79 Å². The van der Waals surface area contributed by atoms with E-state index in [9.17, 15) is 9.90 Å². The zero-order valence-corrected chi connectivity index (χ0v) is 13.2. The molecule has 0 aliphatic carbocycles. The molecule has 21 heavy (non-hydrogen) atoms. The van der Waals surface area contributed by atoms with Crippen molar-refractivity contribution in [1.29, 1.82) is 0 Å². The van der Waals surface area contributed by atoms with Crippen molar-refractivity contribution >= 4 is 5.97 Å². The average Bonchev–Trinajstić information content (AvgIpc) is 2.43. The van der Waals surface area contributed by atoms with Crippen LogP contribution in [0.4, 0.5) is 0 Å². The Morgan fingerprint density at radius 3 is 2.14 bits per heavy atom. The van der Waals surface area contributed by atoms with Gasteiger partial charge in [0.15, 0.2) is 0 Å². The molecule has 120 valence electrons. The quantitative estimate of drug-likeness (QED) is 0.384. The lowest BCUT2D eigenvalue weighted by molar-refractivity contribution is -0.139. The predicted molar refractivity (Wildman–Crippen MR) is 88.3 cm³/mol. The van der Waals surface area contributed by atoms with Crippen LogP contribution in [0.3, 0.4) is 0 Å². The number of carbonyl (C=O) groups is 1. The second-order valence-electron chi connectivity index (χ2n) is 5.27. The van der Waals surface area contributed by atoms with Crippen LogP contribution in [0.25, 0.3) is 0 Å². The van der Waals surface area contributed by atoms with Crippen molar-refractivity contribution in [2.24, 2.45) is 0 Å². The van der Waals surface area contributed by atoms with Gasteiger partial charge in [0.1, 0.15) is 0 Å². The van der Waals surface area contributed by atoms with E-state index >= 15 is 0 Å². The number of allylic oxidation sites excluding steroid dienone is 6. The van der Waals surface area contributed by atoms with Crippen molar-refractivity contribution in [3.8, 4) is 0 Å². The molecule has 0 saturated carbocycles. The van der Waals surface area contributed by atoms with Crippen LogP contribution in [0, 0.1) is 0 Å². The van der Waals surface area contributed by atoms with E-state index in [4.69, 9.17) is 5.11 Å². The van der Waals surface area contributed by atoms with Gasteiger partial charge in [-0.05, 0) is 25.7 Å². The molecule has 1 unspecified atom stereocenters. The third-order valence-electron chi connectivity index (χ3n) is 3.15. The summed E-state index contributed by atoms with van der Waals surface area (Å²) >= 11 is 0. The largest absolute Gasteiger partial charge is 0.481 e. The maximum atomic E-state index is 10.4. The first kappa shape index (κ1) is 19.7. The highest BCUT2D eigenvalue weighted by Crippen LogP contribution is 2.08. The molecule has 0 rings (SSSR count). The van der Waals surface area contributed by atoms with Gasteiger partial charge in [-0.2, -0.15) is 0 Å². The maximum Gasteiger partial charge on any atom is 0.305 e. The highest BCUT2D eigenvalue weighted by Gasteiger charge is 2.08. The molecule has 0 radical (unpaired) electrons. The molecule has 0 aromatic rings. The van der Waals surface area contributed by atoms with E-state index in [1.54, 1.807) is 0 Å². The van der Waals surface area contributed by atoms with Crippen LogP contribution in [0.15, 0.2) is 36.5 Å². The van der Waals surface area contributed by atoms with Crippen molar-refractivity contribution < 1.29 is 15.0 Å². The van der Waals surface area contributed by atoms with E-state index in [-0.39, 0.29) is 6.42 Å². The van der Waals surface area contributed by atoms with E-state index in [0.29, 0.717) is 6.42 Å². The Labute approximate surface area is 129 Å². The number of hydrogen-bond donors (Lipinski definition) is 2. The first-order valence-corrected chi connectivity index (χ1v) is 8.05. The highest BCUT2D eigenvalue weighted by molar-refractivity contribution is 5.67. The van der Waals surface area contributed by atoms with Gasteiger partial charge in [0.25, 0.3) is 0 Å². The minimum atomic E-state index is -0.930. The summed E-state index contributed by atoms with van der Waals surface area (Å²) in [5.74, 6) is -0.930. The summed E-state index contributed by atoms with van der Waals surface area (Å²) < 4.78 is 0. The molecule has 0 aliphatic heterocycles. The summed E-state index contributed by atoms with van der Waals surface area (Å²) in [5.41, 5.74) is 0. The molecule has 0 saturated heterocycles. The molecular weight excluding hydrogens is 264 g/mol. The smallest absolute Gasteiger partial charge is 0.305 e. The minimum absolute atomic E-state index is 0.142. The third-order valence-corrected chi connectivity index (χ3v) is 3.15. The lowest BCUT2D eigenvalue weighted by Crippen LogP contribution is -2.12. The third kappa shape index (κ3) is 16.6. The molecule has 3 heteroatoms. The number of rotatable bonds is 13. The topological polar surface area (TPSA) is 57.5 Å². The zero-order valence-electron chi connectivity index (χ0n) is 13.2. The Balaban J connectivity index is 3.42. The number of aliphatic hydroxyl groups excluding tert-OH is 1. The van der Waals surface area contributed by atoms with Crippen molar-refractivity contribution in [2.75, 3.05) is 0 Å². The Kier molecular flexibility index (Phi) is 14.1. The molecule has 0 aliphatic rings. The molecule has 0 fully saturated rings. The van der Waals surface area contributed by atoms with Gasteiger partial charge in [0.2, 0.25) is 0 Å². The lowest BCUT2D eigenvalue weighted by atomic mass is 10.1. The average molecular weight is 294 g/mol. The first-order chi connectivity index (χ1) is 10.2. The van der Waals surface area contributed by atoms with Crippen molar-refractivity contribution in [3.05, 3.63) is 36.5 Å². The Morgan fingerprint density at radius 2 is 1.57 bits per heavy atom. The van der Waals surface area contributed by atoms with Crippen LogP contribution in [0.1, 0.15) is 64.7 Å². The molecule has 0 aromatic carbocycles. The fourth-order valence-corrected chi connectivity index (χ4v) is 1.92. The van der Waals surface area contributed by atoms with E-state index < -0.39 is 12.1 Å². The second-order valence-corrected chi connectivity index (χ2v) is 5.27. The summed E-state index contributed by atoms with van der Waals surface area (Å²) in [6, 6.07) is 0. The van der Waals surface area contributed by atoms with E-state index in [0.717, 1.165) is 32.1 Å². The van der Waals surface area contributed by atoms with E-state index in [1.165, 1.54) is 12.8 Å². The molecule has 0 bridgehead atoms. The summed E-state index contributed by atoms with van der Waals surface area (Å²) in [6.07, 6.45) is 20.0. The number of unbranched alkanes of at least 4 members (excludes halogenated alkanes) is 5. The van der Waals surface area contributed by atoms with Gasteiger partial charge in [-0.25, -0.2) is 0 Å². The molecule has 3 nitrogen and oxygen atoms in total. The SMILES string of the molecule is CCCC/C=C/C=C/C=C\CCCCCC(O)CC(=O)O. The number of carboxylic acid groups (broad SMARTS) is 1. The fraction of sp³-hybridized carbons (Fsp3) is 0.611. The summed E-state index contributed by atoms with van der Waals surface area (Å²) in [6.45, 7) is 2.19. The number of hydrogen-bond acceptors (Lipinski definition) is 2. The zero-order chi connectivity index (χ0) is 15.8. The maximum absolute atomic E-state index is 10.4. The van der Waals surface area contributed by atoms with Crippen LogP contribution in [0.2, 0.25) is 0 Å². The number of aliphatic carboxylic acids is 1. The summed E-state index contributed by atoms with van der Waals surface area (Å²) in [5, 5.41) is 17.9. The van der Waals surface area contributed by atoms with E-state index in [1.807, 2.05) is 6.08 Å². The van der Waals surface area contributed by atoms with Gasteiger partial charge < -0.3 is 10.2 Å². The summed E-state index contributed by atoms with van der Waals surface area (Å²) in [4.78, 5) is 10.4. The molecule has 0 heterocycles. The molecule has 0 amide bonds. The highest BCUT2D eigenvalue weighted by atomic mass is 16.4. The van der Waals surface area contributed by atoms with Gasteiger partial charge in [0, 0.05) is 0 Å². The van der Waals surface area contributed by atoms with Gasteiger partial charge in [0.05, 0.1) is 12.5 Å². The standard InChI is InChI=1S/C18H30O3/c1-2-3-4-5-6-7-8-9-10-11-12-13-14-15-17(19)16-18(20)21/h5-10,17,19H,2-4,11-16H2,1H3,(H,20,21)/b6-5+,8-7+,10-9-. The fourth-order valence-electron chi connectivity index (χ4n) is 1.92. The number of carboxylic acids is 1. The molecule has 0 aromatic heterocycles. The van der Waals surface area contributed by atoms with Crippen molar-refractivity contribution in [1.82, 2.24) is 0 Å². The van der Waals surface area contributed by atoms with Gasteiger partial charge in [-0.1, -0.05) is 69.1 Å². The van der Waals surface area contributed by atoms with Crippen LogP contribution in [0.5, 0.6) is 0 Å². The molecule has 1 atom stereocenters. The Bertz CT molecular complexity index is 329. The minimum Gasteiger partial charge on any atom is -0.481 e. The van der Waals surface area contributed by atoms with Crippen molar-refractivity contribution in [2.45, 2.75) is 70.8 Å². The van der Waals surface area contributed by atoms with Crippen LogP contribution >= 0.6 is 0 Å². The Morgan fingerprint density at radius 1 is 0.952 bits per heavy atom. The second kappa shape index (κ2) is 15.0.